The van der Waals surface area contributed by atoms with Crippen molar-refractivity contribution in [1.29, 1.82) is 0 Å². The molecule has 2 heterocycles. The number of aryl methyl sites for hydroxylation is 1. The lowest BCUT2D eigenvalue weighted by Crippen LogP contribution is -2.22. The molecule has 2 N–H and O–H groups in total. The number of nitrogens with zero attached hydrogens (tertiary/aromatic N) is 2. The summed E-state index contributed by atoms with van der Waals surface area (Å²) in [6.07, 6.45) is 0.377. The predicted molar refractivity (Wildman–Crippen MR) is 102 cm³/mol. The van der Waals surface area contributed by atoms with Crippen molar-refractivity contribution in [2.24, 2.45) is 0 Å². The molecule has 0 unspecified atom stereocenters. The summed E-state index contributed by atoms with van der Waals surface area (Å²) in [5, 5.41) is 13.2. The number of benzene rings is 2. The van der Waals surface area contributed by atoms with E-state index in [1.165, 1.54) is 7.11 Å². The number of aliphatic hydroxyl groups excluding tert-OH is 1. The maximum absolute atomic E-state index is 12.9. The van der Waals surface area contributed by atoms with Crippen LogP contribution in [0.25, 0.3) is 16.6 Å². The molecule has 0 atom stereocenters. The lowest BCUT2D eigenvalue weighted by atomic mass is 10.1. The van der Waals surface area contributed by atoms with Crippen LogP contribution >= 0.6 is 0 Å². The molecular formula is C20H19N3O4. The fraction of sp³-hybridized carbons (Fsp3) is 0.200. The Morgan fingerprint density at radius 2 is 1.93 bits per heavy atom. The van der Waals surface area contributed by atoms with Crippen LogP contribution in [0.15, 0.2) is 48.2 Å². The molecule has 0 saturated heterocycles. The summed E-state index contributed by atoms with van der Waals surface area (Å²) in [6, 6.07) is 12.8. The van der Waals surface area contributed by atoms with Crippen LogP contribution in [0.2, 0.25) is 0 Å². The number of carbonyl (C=O) groups is 1. The number of ether oxygens (including phenoxy) is 2. The number of hydrogen-bond donors (Lipinski definition) is 2. The molecule has 7 heteroatoms. The zero-order valence-corrected chi connectivity index (χ0v) is 15.0. The topological polar surface area (TPSA) is 85.6 Å². The number of carbonyl (C=O) groups excluding carboxylic acids is 1. The van der Waals surface area contributed by atoms with Crippen molar-refractivity contribution in [2.45, 2.75) is 13.0 Å². The summed E-state index contributed by atoms with van der Waals surface area (Å²) in [5.74, 6) is 1.16. The van der Waals surface area contributed by atoms with Gasteiger partial charge < -0.3 is 24.5 Å². The molecule has 7 nitrogen and oxygen atoms in total. The Kier molecular flexibility index (Phi) is 4.19. The standard InChI is InChI=1S/C20H19N3O4/c1-26-16-8-7-12(11-17(16)27-2)21-20(25)18-15(24)9-10-23-14-6-4-3-5-13(14)22-19(18)23/h3-8,11,24H,9-10H2,1-2H3,(H,21,25). The van der Waals surface area contributed by atoms with Crippen LogP contribution < -0.4 is 14.8 Å². The van der Waals surface area contributed by atoms with Crippen molar-refractivity contribution in [2.75, 3.05) is 19.5 Å². The number of para-hydroxylation sites is 2. The van der Waals surface area contributed by atoms with Crippen LogP contribution in [0.1, 0.15) is 12.2 Å². The highest BCUT2D eigenvalue weighted by molar-refractivity contribution is 6.25. The van der Waals surface area contributed by atoms with E-state index in [1.807, 2.05) is 28.8 Å². The minimum atomic E-state index is -0.420. The maximum atomic E-state index is 12.9. The Hall–Kier alpha value is -3.48. The zero-order valence-electron chi connectivity index (χ0n) is 15.0. The Labute approximate surface area is 155 Å². The van der Waals surface area contributed by atoms with E-state index in [2.05, 4.69) is 10.3 Å². The summed E-state index contributed by atoms with van der Waals surface area (Å²) in [4.78, 5) is 17.5. The fourth-order valence-corrected chi connectivity index (χ4v) is 3.30. The summed E-state index contributed by atoms with van der Waals surface area (Å²) in [6.45, 7) is 0.578. The van der Waals surface area contributed by atoms with Crippen LogP contribution in [0, 0.1) is 0 Å². The summed E-state index contributed by atoms with van der Waals surface area (Å²) in [5.41, 5.74) is 2.45. The molecular weight excluding hydrogens is 346 g/mol. The zero-order chi connectivity index (χ0) is 19.0. The van der Waals surface area contributed by atoms with Gasteiger partial charge in [-0.2, -0.15) is 0 Å². The number of nitrogens with one attached hydrogen (secondary N) is 1. The van der Waals surface area contributed by atoms with Crippen LogP contribution in [-0.2, 0) is 11.3 Å². The Morgan fingerprint density at radius 3 is 2.70 bits per heavy atom. The number of rotatable bonds is 4. The number of fused-ring (bicyclic) bond motifs is 3. The van der Waals surface area contributed by atoms with E-state index in [1.54, 1.807) is 25.3 Å². The van der Waals surface area contributed by atoms with E-state index in [0.29, 0.717) is 36.0 Å². The second-order valence-corrected chi connectivity index (χ2v) is 6.17. The lowest BCUT2D eigenvalue weighted by Gasteiger charge is -2.19. The molecule has 27 heavy (non-hydrogen) atoms. The smallest absolute Gasteiger partial charge is 0.262 e. The third-order valence-electron chi connectivity index (χ3n) is 4.61. The van der Waals surface area contributed by atoms with E-state index in [4.69, 9.17) is 9.47 Å². The molecule has 0 fully saturated rings. The first kappa shape index (κ1) is 17.0. The largest absolute Gasteiger partial charge is 0.511 e. The van der Waals surface area contributed by atoms with Crippen LogP contribution in [-0.4, -0.2) is 34.8 Å². The number of aliphatic hydroxyl groups is 1. The van der Waals surface area contributed by atoms with E-state index in [0.717, 1.165) is 11.0 Å². The molecule has 4 rings (SSSR count). The van der Waals surface area contributed by atoms with Crippen molar-refractivity contribution >= 4 is 28.2 Å². The van der Waals surface area contributed by atoms with Crippen LogP contribution in [0.4, 0.5) is 5.69 Å². The molecule has 1 aliphatic rings. The molecule has 0 saturated carbocycles. The van der Waals surface area contributed by atoms with Gasteiger partial charge in [-0.15, -0.1) is 0 Å². The molecule has 1 aliphatic heterocycles. The average molecular weight is 365 g/mol. The van der Waals surface area contributed by atoms with E-state index < -0.39 is 5.91 Å². The molecule has 1 aromatic heterocycles. The van der Waals surface area contributed by atoms with Gasteiger partial charge in [0.1, 0.15) is 17.2 Å². The number of imidazole rings is 1. The van der Waals surface area contributed by atoms with Gasteiger partial charge in [-0.3, -0.25) is 4.79 Å². The van der Waals surface area contributed by atoms with Crippen LogP contribution in [0.3, 0.4) is 0 Å². The Bertz CT molecular complexity index is 1070. The van der Waals surface area contributed by atoms with Gasteiger partial charge in [-0.25, -0.2) is 4.98 Å². The number of anilines is 1. The molecule has 1 amide bonds. The average Bonchev–Trinajstić information content (AvgIpc) is 3.05. The number of amides is 1. The number of methoxy groups -OCH3 is 2. The molecule has 2 aromatic carbocycles. The van der Waals surface area contributed by atoms with Crippen molar-refractivity contribution in [3.63, 3.8) is 0 Å². The van der Waals surface area contributed by atoms with Gasteiger partial charge in [-0.05, 0) is 24.3 Å². The van der Waals surface area contributed by atoms with Gasteiger partial charge in [-0.1, -0.05) is 12.1 Å². The maximum Gasteiger partial charge on any atom is 0.262 e. The van der Waals surface area contributed by atoms with Gasteiger partial charge in [0.25, 0.3) is 5.91 Å². The number of aromatic nitrogens is 2. The van der Waals surface area contributed by atoms with Gasteiger partial charge in [0.15, 0.2) is 11.5 Å². The molecule has 0 spiro atoms. The van der Waals surface area contributed by atoms with Crippen molar-refractivity contribution in [3.05, 3.63) is 54.0 Å². The minimum absolute atomic E-state index is 0.0378. The molecule has 0 radical (unpaired) electrons. The van der Waals surface area contributed by atoms with E-state index in [9.17, 15) is 9.90 Å². The lowest BCUT2D eigenvalue weighted by molar-refractivity contribution is -0.111. The SMILES string of the molecule is COc1ccc(NC(=O)C2=C(O)CCn3c2nc2ccccc23)cc1OC. The fourth-order valence-electron chi connectivity index (χ4n) is 3.30. The highest BCUT2D eigenvalue weighted by Gasteiger charge is 2.28. The molecule has 138 valence electrons. The minimum Gasteiger partial charge on any atom is -0.511 e. The first-order valence-corrected chi connectivity index (χ1v) is 8.53. The van der Waals surface area contributed by atoms with Gasteiger partial charge in [0.05, 0.1) is 25.3 Å². The van der Waals surface area contributed by atoms with E-state index >= 15 is 0 Å². The van der Waals surface area contributed by atoms with Crippen molar-refractivity contribution < 1.29 is 19.4 Å². The molecule has 0 aliphatic carbocycles. The molecule has 0 bridgehead atoms. The third kappa shape index (κ3) is 2.87. The third-order valence-corrected chi connectivity index (χ3v) is 4.61. The van der Waals surface area contributed by atoms with Crippen molar-refractivity contribution in [1.82, 2.24) is 9.55 Å². The van der Waals surface area contributed by atoms with E-state index in [-0.39, 0.29) is 11.3 Å². The van der Waals surface area contributed by atoms with Crippen LogP contribution in [0.5, 0.6) is 11.5 Å². The second-order valence-electron chi connectivity index (χ2n) is 6.17. The summed E-state index contributed by atoms with van der Waals surface area (Å²) < 4.78 is 12.4. The number of hydrogen-bond acceptors (Lipinski definition) is 5. The van der Waals surface area contributed by atoms with Gasteiger partial charge >= 0.3 is 0 Å². The highest BCUT2D eigenvalue weighted by Crippen LogP contribution is 2.32. The second kappa shape index (κ2) is 6.68. The first-order chi connectivity index (χ1) is 13.1. The highest BCUT2D eigenvalue weighted by atomic mass is 16.5. The number of allylic oxidation sites excluding steroid dienone is 1. The quantitative estimate of drug-likeness (QED) is 0.740. The first-order valence-electron chi connectivity index (χ1n) is 8.53. The summed E-state index contributed by atoms with van der Waals surface area (Å²) in [7, 11) is 3.08. The Balaban J connectivity index is 1.70. The Morgan fingerprint density at radius 1 is 1.15 bits per heavy atom. The monoisotopic (exact) mass is 365 g/mol. The van der Waals surface area contributed by atoms with Gasteiger partial charge in [0.2, 0.25) is 0 Å². The summed E-state index contributed by atoms with van der Waals surface area (Å²) >= 11 is 0. The van der Waals surface area contributed by atoms with Crippen molar-refractivity contribution in [3.8, 4) is 11.5 Å². The molecule has 3 aromatic rings. The van der Waals surface area contributed by atoms with Gasteiger partial charge in [0, 0.05) is 24.7 Å². The normalized spacial score (nSPS) is 13.4. The predicted octanol–water partition coefficient (Wildman–Crippen LogP) is 3.37.